The maximum Gasteiger partial charge on any atom is 0.115 e. The second kappa shape index (κ2) is 6.44. The summed E-state index contributed by atoms with van der Waals surface area (Å²) in [7, 11) is 2.19. The SMILES string of the molecule is CCCC1(c2cccc(O)c2)CCN(C)CC1.Cl. The average Bonchev–Trinajstić information content (AvgIpc) is 2.33. The Morgan fingerprint density at radius 2 is 1.94 bits per heavy atom. The van der Waals surface area contributed by atoms with Gasteiger partial charge in [0, 0.05) is 0 Å². The summed E-state index contributed by atoms with van der Waals surface area (Å²) in [6.07, 6.45) is 4.85. The highest BCUT2D eigenvalue weighted by molar-refractivity contribution is 5.85. The molecule has 102 valence electrons. The molecule has 1 aromatic rings. The van der Waals surface area contributed by atoms with Gasteiger partial charge in [-0.15, -0.1) is 12.4 Å². The molecule has 0 amide bonds. The summed E-state index contributed by atoms with van der Waals surface area (Å²) in [5.74, 6) is 0.400. The van der Waals surface area contributed by atoms with E-state index in [-0.39, 0.29) is 12.4 Å². The van der Waals surface area contributed by atoms with Gasteiger partial charge in [0.1, 0.15) is 5.75 Å². The molecule has 1 fully saturated rings. The standard InChI is InChI=1S/C15H23NO.ClH/c1-3-7-15(8-10-16(2)11-9-15)13-5-4-6-14(17)12-13;/h4-6,12,17H,3,7-11H2,1-2H3;1H. The summed E-state index contributed by atoms with van der Waals surface area (Å²) >= 11 is 0. The number of hydrogen-bond donors (Lipinski definition) is 1. The number of likely N-dealkylation sites (tertiary alicyclic amines) is 1. The quantitative estimate of drug-likeness (QED) is 0.907. The molecule has 1 saturated heterocycles. The van der Waals surface area contributed by atoms with Crippen LogP contribution in [0.5, 0.6) is 5.75 Å². The molecule has 0 aromatic heterocycles. The van der Waals surface area contributed by atoms with E-state index in [0.29, 0.717) is 11.2 Å². The van der Waals surface area contributed by atoms with Crippen LogP contribution in [0.2, 0.25) is 0 Å². The van der Waals surface area contributed by atoms with Gasteiger partial charge in [-0.1, -0.05) is 25.5 Å². The summed E-state index contributed by atoms with van der Waals surface area (Å²) < 4.78 is 0. The van der Waals surface area contributed by atoms with Gasteiger partial charge in [0.15, 0.2) is 0 Å². The van der Waals surface area contributed by atoms with Crippen molar-refractivity contribution in [3.05, 3.63) is 29.8 Å². The molecule has 0 bridgehead atoms. The molecular formula is C15H24ClNO. The second-order valence-electron chi connectivity index (χ2n) is 5.38. The first-order valence-corrected chi connectivity index (χ1v) is 6.64. The van der Waals surface area contributed by atoms with Crippen molar-refractivity contribution in [3.63, 3.8) is 0 Å². The van der Waals surface area contributed by atoms with Crippen molar-refractivity contribution in [2.24, 2.45) is 0 Å². The molecule has 0 aliphatic carbocycles. The van der Waals surface area contributed by atoms with Crippen molar-refractivity contribution in [2.75, 3.05) is 20.1 Å². The van der Waals surface area contributed by atoms with Gasteiger partial charge in [0.25, 0.3) is 0 Å². The molecule has 0 spiro atoms. The van der Waals surface area contributed by atoms with Crippen LogP contribution in [0.25, 0.3) is 0 Å². The van der Waals surface area contributed by atoms with Gasteiger partial charge >= 0.3 is 0 Å². The van der Waals surface area contributed by atoms with Gasteiger partial charge in [-0.3, -0.25) is 0 Å². The Bertz CT molecular complexity index is 373. The first kappa shape index (κ1) is 15.3. The summed E-state index contributed by atoms with van der Waals surface area (Å²) in [5, 5.41) is 9.67. The number of rotatable bonds is 3. The molecule has 0 radical (unpaired) electrons. The predicted octanol–water partition coefficient (Wildman–Crippen LogP) is 3.58. The Morgan fingerprint density at radius 1 is 1.28 bits per heavy atom. The summed E-state index contributed by atoms with van der Waals surface area (Å²) in [5.41, 5.74) is 1.62. The summed E-state index contributed by atoms with van der Waals surface area (Å²) in [6, 6.07) is 7.88. The van der Waals surface area contributed by atoms with E-state index in [1.165, 1.54) is 31.2 Å². The number of piperidine rings is 1. The first-order valence-electron chi connectivity index (χ1n) is 6.64. The molecule has 2 rings (SSSR count). The van der Waals surface area contributed by atoms with Crippen molar-refractivity contribution in [1.29, 1.82) is 0 Å². The molecule has 1 aliphatic heterocycles. The van der Waals surface area contributed by atoms with E-state index in [4.69, 9.17) is 0 Å². The molecule has 0 unspecified atom stereocenters. The molecule has 1 heterocycles. The fourth-order valence-corrected chi connectivity index (χ4v) is 3.04. The predicted molar refractivity (Wildman–Crippen MR) is 78.7 cm³/mol. The largest absolute Gasteiger partial charge is 0.508 e. The molecule has 1 N–H and O–H groups in total. The van der Waals surface area contributed by atoms with E-state index in [1.807, 2.05) is 12.1 Å². The van der Waals surface area contributed by atoms with Crippen LogP contribution in [0.3, 0.4) is 0 Å². The molecule has 18 heavy (non-hydrogen) atoms. The zero-order valence-corrected chi connectivity index (χ0v) is 12.2. The molecule has 1 aliphatic rings. The lowest BCUT2D eigenvalue weighted by Crippen LogP contribution is -2.40. The van der Waals surface area contributed by atoms with Crippen LogP contribution in [-0.4, -0.2) is 30.1 Å². The lowest BCUT2D eigenvalue weighted by molar-refractivity contribution is 0.177. The number of halogens is 1. The smallest absolute Gasteiger partial charge is 0.115 e. The first-order chi connectivity index (χ1) is 8.16. The maximum absolute atomic E-state index is 9.67. The van der Waals surface area contributed by atoms with E-state index in [9.17, 15) is 5.11 Å². The van der Waals surface area contributed by atoms with Gasteiger partial charge < -0.3 is 10.0 Å². The Kier molecular flexibility index (Phi) is 5.48. The highest BCUT2D eigenvalue weighted by atomic mass is 35.5. The van der Waals surface area contributed by atoms with Crippen LogP contribution in [0.4, 0.5) is 0 Å². The number of phenols is 1. The molecule has 1 aromatic carbocycles. The molecule has 2 nitrogen and oxygen atoms in total. The van der Waals surface area contributed by atoms with Gasteiger partial charge in [-0.05, 0) is 62.5 Å². The third kappa shape index (κ3) is 3.18. The Balaban J connectivity index is 0.00000162. The molecule has 0 saturated carbocycles. The van der Waals surface area contributed by atoms with E-state index in [0.717, 1.165) is 13.1 Å². The topological polar surface area (TPSA) is 23.5 Å². The van der Waals surface area contributed by atoms with E-state index < -0.39 is 0 Å². The monoisotopic (exact) mass is 269 g/mol. The average molecular weight is 270 g/mol. The third-order valence-electron chi connectivity index (χ3n) is 4.13. The van der Waals surface area contributed by atoms with Crippen LogP contribution in [0, 0.1) is 0 Å². The molecule has 0 atom stereocenters. The number of aromatic hydroxyl groups is 1. The fourth-order valence-electron chi connectivity index (χ4n) is 3.04. The second-order valence-corrected chi connectivity index (χ2v) is 5.38. The van der Waals surface area contributed by atoms with Crippen LogP contribution in [-0.2, 0) is 5.41 Å². The normalized spacial score (nSPS) is 19.2. The maximum atomic E-state index is 9.67. The van der Waals surface area contributed by atoms with Crippen LogP contribution >= 0.6 is 12.4 Å². The number of phenolic OH excluding ortho intramolecular Hbond substituents is 1. The van der Waals surface area contributed by atoms with E-state index in [1.54, 1.807) is 6.07 Å². The van der Waals surface area contributed by atoms with Crippen molar-refractivity contribution >= 4 is 12.4 Å². The minimum atomic E-state index is 0. The van der Waals surface area contributed by atoms with Gasteiger partial charge in [0.2, 0.25) is 0 Å². The lowest BCUT2D eigenvalue weighted by atomic mass is 9.70. The summed E-state index contributed by atoms with van der Waals surface area (Å²) in [6.45, 7) is 4.58. The molecular weight excluding hydrogens is 246 g/mol. The van der Waals surface area contributed by atoms with Crippen molar-refractivity contribution in [2.45, 2.75) is 38.0 Å². The van der Waals surface area contributed by atoms with Crippen molar-refractivity contribution in [1.82, 2.24) is 4.90 Å². The van der Waals surface area contributed by atoms with Crippen LogP contribution < -0.4 is 0 Å². The third-order valence-corrected chi connectivity index (χ3v) is 4.13. The Hall–Kier alpha value is -0.730. The van der Waals surface area contributed by atoms with Crippen LogP contribution in [0.1, 0.15) is 38.2 Å². The number of hydrogen-bond acceptors (Lipinski definition) is 2. The van der Waals surface area contributed by atoms with E-state index >= 15 is 0 Å². The van der Waals surface area contributed by atoms with Crippen molar-refractivity contribution in [3.8, 4) is 5.75 Å². The molecule has 3 heteroatoms. The van der Waals surface area contributed by atoms with Crippen LogP contribution in [0.15, 0.2) is 24.3 Å². The minimum Gasteiger partial charge on any atom is -0.508 e. The zero-order valence-electron chi connectivity index (χ0n) is 11.4. The van der Waals surface area contributed by atoms with Gasteiger partial charge in [-0.2, -0.15) is 0 Å². The van der Waals surface area contributed by atoms with E-state index in [2.05, 4.69) is 24.9 Å². The summed E-state index contributed by atoms with van der Waals surface area (Å²) in [4.78, 5) is 2.40. The van der Waals surface area contributed by atoms with Gasteiger partial charge in [0.05, 0.1) is 0 Å². The zero-order chi connectivity index (χ0) is 12.3. The number of benzene rings is 1. The Morgan fingerprint density at radius 3 is 2.50 bits per heavy atom. The highest BCUT2D eigenvalue weighted by Gasteiger charge is 2.34. The number of nitrogens with zero attached hydrogens (tertiary/aromatic N) is 1. The minimum absolute atomic E-state index is 0. The van der Waals surface area contributed by atoms with Crippen molar-refractivity contribution < 1.29 is 5.11 Å². The van der Waals surface area contributed by atoms with Gasteiger partial charge in [-0.25, -0.2) is 0 Å². The fraction of sp³-hybridized carbons (Fsp3) is 0.600. The Labute approximate surface area is 116 Å². The highest BCUT2D eigenvalue weighted by Crippen LogP contribution is 2.40. The lowest BCUT2D eigenvalue weighted by Gasteiger charge is -2.41.